The molecule has 5 fully saturated rings. The summed E-state index contributed by atoms with van der Waals surface area (Å²) < 4.78 is 0. The highest BCUT2D eigenvalue weighted by Gasteiger charge is 2.71. The van der Waals surface area contributed by atoms with Gasteiger partial charge >= 0.3 is 0 Å². The van der Waals surface area contributed by atoms with Crippen LogP contribution in [0.5, 0.6) is 0 Å². The second kappa shape index (κ2) is 10.3. The first kappa shape index (κ1) is 32.6. The minimum Gasteiger partial charge on any atom is -0.393 e. The van der Waals surface area contributed by atoms with Crippen molar-refractivity contribution in [2.24, 2.45) is 50.7 Å². The van der Waals surface area contributed by atoms with Crippen LogP contribution in [0.25, 0.3) is 0 Å². The number of fused-ring (bicyclic) bond motifs is 7. The van der Waals surface area contributed by atoms with E-state index in [1.165, 1.54) is 0 Å². The number of carbonyl (C=O) groups is 3. The SMILES string of the molecule is CC(C)C1=C2[C@H]3CCC4[C@@]5(C)CC[C@H](O)C(C)(C)[C@@H]5CC[C@@]4(C)[C@]3(C)CC[C@@]2(C(=O)C(=O)NC2(c3ccc(Cl)cc3)CC2)CC1=O. The van der Waals surface area contributed by atoms with Crippen molar-refractivity contribution in [1.29, 1.82) is 0 Å². The molecule has 5 saturated carbocycles. The van der Waals surface area contributed by atoms with E-state index in [4.69, 9.17) is 11.6 Å². The van der Waals surface area contributed by atoms with Gasteiger partial charge in [-0.15, -0.1) is 0 Å². The maximum Gasteiger partial charge on any atom is 0.289 e. The number of benzene rings is 1. The third-order valence-corrected chi connectivity index (χ3v) is 15.8. The summed E-state index contributed by atoms with van der Waals surface area (Å²) in [5, 5.41) is 14.9. The summed E-state index contributed by atoms with van der Waals surface area (Å²) in [4.78, 5) is 42.7. The number of nitrogens with one attached hydrogen (secondary N) is 1. The lowest BCUT2D eigenvalue weighted by Crippen LogP contribution is -2.66. The van der Waals surface area contributed by atoms with Gasteiger partial charge in [-0.25, -0.2) is 0 Å². The lowest BCUT2D eigenvalue weighted by Gasteiger charge is -2.72. The van der Waals surface area contributed by atoms with Gasteiger partial charge in [0.15, 0.2) is 5.78 Å². The van der Waals surface area contributed by atoms with Crippen LogP contribution in [0.2, 0.25) is 5.02 Å². The lowest BCUT2D eigenvalue weighted by atomic mass is 9.33. The molecule has 46 heavy (non-hydrogen) atoms. The third kappa shape index (κ3) is 4.18. The number of hydrogen-bond acceptors (Lipinski definition) is 4. The number of aliphatic hydroxyl groups is 1. The van der Waals surface area contributed by atoms with Gasteiger partial charge in [0.2, 0.25) is 5.78 Å². The number of allylic oxidation sites excluding steroid dienone is 2. The summed E-state index contributed by atoms with van der Waals surface area (Å²) >= 11 is 6.14. The predicted octanol–water partition coefficient (Wildman–Crippen LogP) is 8.36. The number of carbonyl (C=O) groups excluding carboxylic acids is 3. The molecule has 0 saturated heterocycles. The van der Waals surface area contributed by atoms with Crippen LogP contribution < -0.4 is 5.32 Å². The molecular weight excluding hydrogens is 594 g/mol. The number of aliphatic hydroxyl groups excluding tert-OH is 1. The van der Waals surface area contributed by atoms with Gasteiger partial charge in [-0.2, -0.15) is 0 Å². The molecule has 1 aromatic rings. The normalized spacial score (nSPS) is 42.1. The van der Waals surface area contributed by atoms with E-state index in [0.29, 0.717) is 23.3 Å². The molecule has 0 aromatic heterocycles. The molecule has 1 aromatic carbocycles. The van der Waals surface area contributed by atoms with Gasteiger partial charge in [-0.3, -0.25) is 14.4 Å². The van der Waals surface area contributed by atoms with Crippen molar-refractivity contribution in [3.05, 3.63) is 46.0 Å². The first-order valence-electron chi connectivity index (χ1n) is 18.1. The maximum atomic E-state index is 14.6. The zero-order chi connectivity index (χ0) is 33.2. The predicted molar refractivity (Wildman–Crippen MR) is 181 cm³/mol. The van der Waals surface area contributed by atoms with E-state index in [-0.39, 0.29) is 51.8 Å². The van der Waals surface area contributed by atoms with Crippen LogP contribution in [0, 0.1) is 50.7 Å². The Morgan fingerprint density at radius 3 is 2.15 bits per heavy atom. The fourth-order valence-electron chi connectivity index (χ4n) is 12.8. The fraction of sp³-hybridized carbons (Fsp3) is 0.725. The molecule has 6 heteroatoms. The van der Waals surface area contributed by atoms with Crippen LogP contribution in [-0.4, -0.2) is 28.7 Å². The summed E-state index contributed by atoms with van der Waals surface area (Å²) in [6.45, 7) is 16.2. The van der Waals surface area contributed by atoms with Crippen molar-refractivity contribution in [2.75, 3.05) is 0 Å². The van der Waals surface area contributed by atoms with E-state index in [9.17, 15) is 19.5 Å². The maximum absolute atomic E-state index is 14.6. The minimum atomic E-state index is -1.04. The number of Topliss-reactive ketones (excluding diaryl/α,β-unsaturated/α-hetero) is 2. The number of ketones is 2. The Bertz CT molecular complexity index is 1520. The average Bonchev–Trinajstić information content (AvgIpc) is 3.69. The van der Waals surface area contributed by atoms with Gasteiger partial charge in [0.25, 0.3) is 5.91 Å². The van der Waals surface area contributed by atoms with Crippen molar-refractivity contribution < 1.29 is 19.5 Å². The molecule has 5 nitrogen and oxygen atoms in total. The first-order valence-corrected chi connectivity index (χ1v) is 18.4. The molecular formula is C40H54ClNO4. The van der Waals surface area contributed by atoms with Gasteiger partial charge in [-0.05, 0) is 138 Å². The monoisotopic (exact) mass is 647 g/mol. The van der Waals surface area contributed by atoms with Crippen LogP contribution in [0.4, 0.5) is 0 Å². The van der Waals surface area contributed by atoms with Gasteiger partial charge in [0, 0.05) is 11.4 Å². The highest BCUT2D eigenvalue weighted by molar-refractivity contribution is 6.40. The van der Waals surface area contributed by atoms with Crippen LogP contribution in [0.15, 0.2) is 35.4 Å². The van der Waals surface area contributed by atoms with Gasteiger partial charge in [-0.1, -0.05) is 72.2 Å². The molecule has 0 heterocycles. The molecule has 7 rings (SSSR count). The number of halogens is 1. The standard InChI is InChI=1S/C40H54ClNO4/c1-23(2)31-27(43)22-39(33(45)34(46)42-40(20-21-40)24-8-10-25(41)11-9-24)19-18-37(6)26(32(31)39)12-13-29-36(5)16-15-30(44)35(3,4)28(36)14-17-38(29,37)7/h8-11,23,26,28-30,44H,12-22H2,1-7H3,(H,42,46)/t26-,28+,29?,30+,36+,37-,38-,39-/m1/s1. The van der Waals surface area contributed by atoms with Crippen molar-refractivity contribution in [1.82, 2.24) is 5.32 Å². The third-order valence-electron chi connectivity index (χ3n) is 15.6. The molecule has 0 radical (unpaired) electrons. The smallest absolute Gasteiger partial charge is 0.289 e. The van der Waals surface area contributed by atoms with Crippen molar-refractivity contribution in [2.45, 2.75) is 131 Å². The summed E-state index contributed by atoms with van der Waals surface area (Å²) in [5.41, 5.74) is 1.27. The summed E-state index contributed by atoms with van der Waals surface area (Å²) in [7, 11) is 0. The number of hydrogen-bond donors (Lipinski definition) is 2. The summed E-state index contributed by atoms with van der Waals surface area (Å²) in [6.07, 6.45) is 8.98. The Hall–Kier alpha value is -1.98. The Labute approximate surface area is 280 Å². The highest BCUT2D eigenvalue weighted by Crippen LogP contribution is 2.76. The first-order chi connectivity index (χ1) is 21.5. The van der Waals surface area contributed by atoms with Crippen LogP contribution in [-0.2, 0) is 19.9 Å². The van der Waals surface area contributed by atoms with E-state index >= 15 is 0 Å². The van der Waals surface area contributed by atoms with E-state index < -0.39 is 22.6 Å². The molecule has 6 aliphatic rings. The van der Waals surface area contributed by atoms with Crippen LogP contribution >= 0.6 is 11.6 Å². The molecule has 0 spiro atoms. The molecule has 6 aliphatic carbocycles. The summed E-state index contributed by atoms with van der Waals surface area (Å²) in [5.74, 6) is 0.237. The lowest BCUT2D eigenvalue weighted by molar-refractivity contribution is -0.228. The van der Waals surface area contributed by atoms with E-state index in [2.05, 4.69) is 53.8 Å². The number of rotatable bonds is 5. The Kier molecular flexibility index (Phi) is 7.27. The van der Waals surface area contributed by atoms with Crippen LogP contribution in [0.3, 0.4) is 0 Å². The van der Waals surface area contributed by atoms with Gasteiger partial charge < -0.3 is 10.4 Å². The van der Waals surface area contributed by atoms with Crippen molar-refractivity contribution >= 4 is 29.1 Å². The second-order valence-electron chi connectivity index (χ2n) is 18.0. The molecule has 1 amide bonds. The molecule has 250 valence electrons. The second-order valence-corrected chi connectivity index (χ2v) is 18.5. The molecule has 1 unspecified atom stereocenters. The van der Waals surface area contributed by atoms with Crippen molar-refractivity contribution in [3.8, 4) is 0 Å². The molecule has 2 N–H and O–H groups in total. The highest BCUT2D eigenvalue weighted by atomic mass is 35.5. The topological polar surface area (TPSA) is 83.5 Å². The summed E-state index contributed by atoms with van der Waals surface area (Å²) in [6, 6.07) is 7.54. The van der Waals surface area contributed by atoms with Gasteiger partial charge in [0.1, 0.15) is 0 Å². The zero-order valence-electron chi connectivity index (χ0n) is 29.0. The Balaban J connectivity index is 1.25. The van der Waals surface area contributed by atoms with Crippen LogP contribution in [0.1, 0.15) is 125 Å². The van der Waals surface area contributed by atoms with Crippen molar-refractivity contribution in [3.63, 3.8) is 0 Å². The Morgan fingerprint density at radius 2 is 1.52 bits per heavy atom. The quantitative estimate of drug-likeness (QED) is 0.315. The molecule has 0 aliphatic heterocycles. The van der Waals surface area contributed by atoms with E-state index in [1.54, 1.807) is 0 Å². The van der Waals surface area contributed by atoms with Gasteiger partial charge in [0.05, 0.1) is 17.1 Å². The van der Waals surface area contributed by atoms with E-state index in [1.807, 2.05) is 24.3 Å². The molecule has 0 bridgehead atoms. The van der Waals surface area contributed by atoms with E-state index in [0.717, 1.165) is 74.5 Å². The largest absolute Gasteiger partial charge is 0.393 e. The fourth-order valence-corrected chi connectivity index (χ4v) is 12.9. The number of amides is 1. The Morgan fingerprint density at radius 1 is 0.848 bits per heavy atom. The zero-order valence-corrected chi connectivity index (χ0v) is 29.8. The average molecular weight is 648 g/mol. The molecule has 8 atom stereocenters. The minimum absolute atomic E-state index is 0.00541.